The Balaban J connectivity index is 1.92. The molecule has 1 aliphatic rings. The lowest BCUT2D eigenvalue weighted by atomic mass is 9.94. The van der Waals surface area contributed by atoms with Crippen molar-refractivity contribution < 1.29 is 29.0 Å². The minimum Gasteiger partial charge on any atom is -0.503 e. The number of allylic oxidation sites excluding steroid dienone is 1. The first-order valence-corrected chi connectivity index (χ1v) is 11.1. The summed E-state index contributed by atoms with van der Waals surface area (Å²) >= 11 is 0. The normalized spacial score (nSPS) is 16.1. The number of hydrogen-bond donors (Lipinski definition) is 1. The Hall–Kier alpha value is -3.71. The summed E-state index contributed by atoms with van der Waals surface area (Å²) in [5.74, 6) is -2.12. The van der Waals surface area contributed by atoms with Crippen LogP contribution in [0.4, 0.5) is 0 Å². The van der Waals surface area contributed by atoms with E-state index in [1.165, 1.54) is 18.1 Å². The van der Waals surface area contributed by atoms with Crippen molar-refractivity contribution in [3.05, 3.63) is 88.7 Å². The predicted octanol–water partition coefficient (Wildman–Crippen LogP) is 4.27. The maximum atomic E-state index is 13.2. The van der Waals surface area contributed by atoms with Gasteiger partial charge in [0.2, 0.25) is 0 Å². The molecule has 7 nitrogen and oxygen atoms in total. The molecule has 3 rings (SSSR count). The summed E-state index contributed by atoms with van der Waals surface area (Å²) in [7, 11) is 1.30. The molecule has 1 heterocycles. The van der Waals surface area contributed by atoms with E-state index in [9.17, 15) is 19.5 Å². The Morgan fingerprint density at radius 3 is 2.38 bits per heavy atom. The summed E-state index contributed by atoms with van der Waals surface area (Å²) in [5, 5.41) is 10.7. The third kappa shape index (κ3) is 5.80. The van der Waals surface area contributed by atoms with Crippen LogP contribution >= 0.6 is 0 Å². The molecule has 34 heavy (non-hydrogen) atoms. The van der Waals surface area contributed by atoms with Crippen molar-refractivity contribution in [2.24, 2.45) is 0 Å². The van der Waals surface area contributed by atoms with Gasteiger partial charge in [0.25, 0.3) is 5.91 Å². The number of hydrogen-bond acceptors (Lipinski definition) is 6. The van der Waals surface area contributed by atoms with Crippen molar-refractivity contribution in [3.63, 3.8) is 0 Å². The fraction of sp³-hybridized carbons (Fsp3) is 0.296. The molecule has 0 saturated heterocycles. The summed E-state index contributed by atoms with van der Waals surface area (Å²) in [6.45, 7) is 4.58. The van der Waals surface area contributed by atoms with Gasteiger partial charge in [0.15, 0.2) is 11.5 Å². The molecule has 0 saturated carbocycles. The maximum absolute atomic E-state index is 13.2. The zero-order valence-electron chi connectivity index (χ0n) is 19.6. The number of ketones is 1. The van der Waals surface area contributed by atoms with E-state index in [1.54, 1.807) is 30.3 Å². The standard InChI is InChI=1S/C27H29NO6/c1-18(2)34-17-7-16-28-24(20-11-13-21(14-12-20)27(32)33-3)23(25(30)26(28)31)22(29)15-10-19-8-5-4-6-9-19/h4-6,8-15,18,24,30H,7,16-17H2,1-3H3/b15-10+/t24-/m1/s1. The second-order valence-electron chi connectivity index (χ2n) is 8.16. The van der Waals surface area contributed by atoms with Gasteiger partial charge in [-0.15, -0.1) is 0 Å². The van der Waals surface area contributed by atoms with E-state index in [0.29, 0.717) is 24.2 Å². The van der Waals surface area contributed by atoms with E-state index in [1.807, 2.05) is 44.2 Å². The quantitative estimate of drug-likeness (QED) is 0.321. The molecule has 0 unspecified atom stereocenters. The molecule has 2 aromatic rings. The third-order valence-corrected chi connectivity index (χ3v) is 5.44. The lowest BCUT2D eigenvalue weighted by Gasteiger charge is -2.27. The van der Waals surface area contributed by atoms with E-state index in [0.717, 1.165) is 5.56 Å². The van der Waals surface area contributed by atoms with Crippen molar-refractivity contribution in [2.75, 3.05) is 20.3 Å². The van der Waals surface area contributed by atoms with Crippen molar-refractivity contribution in [1.29, 1.82) is 0 Å². The number of aliphatic hydroxyl groups excluding tert-OH is 1. The molecule has 0 fully saturated rings. The topological polar surface area (TPSA) is 93.1 Å². The van der Waals surface area contributed by atoms with Gasteiger partial charge in [0.05, 0.1) is 30.4 Å². The number of carbonyl (C=O) groups excluding carboxylic acids is 3. The van der Waals surface area contributed by atoms with Crippen LogP contribution < -0.4 is 0 Å². The first-order valence-electron chi connectivity index (χ1n) is 11.1. The van der Waals surface area contributed by atoms with Crippen molar-refractivity contribution in [1.82, 2.24) is 4.90 Å². The highest BCUT2D eigenvalue weighted by Crippen LogP contribution is 2.38. The van der Waals surface area contributed by atoms with Crippen LogP contribution in [-0.2, 0) is 19.1 Å². The Morgan fingerprint density at radius 2 is 1.76 bits per heavy atom. The number of nitrogens with zero attached hydrogens (tertiary/aromatic N) is 1. The molecule has 1 N–H and O–H groups in total. The molecule has 0 spiro atoms. The molecule has 0 bridgehead atoms. The van der Waals surface area contributed by atoms with Gasteiger partial charge in [-0.05, 0) is 49.6 Å². The minimum absolute atomic E-state index is 0.00720. The number of rotatable bonds is 10. The third-order valence-electron chi connectivity index (χ3n) is 5.44. The molecular weight excluding hydrogens is 434 g/mol. The summed E-state index contributed by atoms with van der Waals surface area (Å²) in [6, 6.07) is 15.0. The van der Waals surface area contributed by atoms with Crippen LogP contribution in [0.2, 0.25) is 0 Å². The van der Waals surface area contributed by atoms with Gasteiger partial charge in [-0.3, -0.25) is 9.59 Å². The molecule has 1 aliphatic heterocycles. The predicted molar refractivity (Wildman–Crippen MR) is 128 cm³/mol. The van der Waals surface area contributed by atoms with Gasteiger partial charge in [-0.2, -0.15) is 0 Å². The van der Waals surface area contributed by atoms with Crippen LogP contribution in [0.1, 0.15) is 47.8 Å². The Morgan fingerprint density at radius 1 is 1.09 bits per heavy atom. The molecule has 1 amide bonds. The fourth-order valence-corrected chi connectivity index (χ4v) is 3.78. The van der Waals surface area contributed by atoms with Crippen molar-refractivity contribution in [2.45, 2.75) is 32.4 Å². The summed E-state index contributed by atoms with van der Waals surface area (Å²) in [4.78, 5) is 39.4. The Labute approximate surface area is 199 Å². The molecule has 2 aromatic carbocycles. The monoisotopic (exact) mass is 463 g/mol. The van der Waals surface area contributed by atoms with Crippen LogP contribution in [0, 0.1) is 0 Å². The van der Waals surface area contributed by atoms with E-state index in [-0.39, 0.29) is 18.2 Å². The lowest BCUT2D eigenvalue weighted by molar-refractivity contribution is -0.129. The highest BCUT2D eigenvalue weighted by molar-refractivity contribution is 6.14. The molecular formula is C27H29NO6. The van der Waals surface area contributed by atoms with E-state index in [2.05, 4.69) is 0 Å². The largest absolute Gasteiger partial charge is 0.503 e. The number of aliphatic hydroxyl groups is 1. The van der Waals surface area contributed by atoms with E-state index in [4.69, 9.17) is 9.47 Å². The van der Waals surface area contributed by atoms with Gasteiger partial charge in [-0.1, -0.05) is 48.5 Å². The molecule has 0 aromatic heterocycles. The molecule has 0 radical (unpaired) electrons. The van der Waals surface area contributed by atoms with Crippen LogP contribution in [0.5, 0.6) is 0 Å². The minimum atomic E-state index is -0.786. The zero-order chi connectivity index (χ0) is 24.7. The number of carbonyl (C=O) groups is 3. The van der Waals surface area contributed by atoms with Gasteiger partial charge in [0, 0.05) is 13.2 Å². The van der Waals surface area contributed by atoms with Gasteiger partial charge in [0.1, 0.15) is 0 Å². The highest BCUT2D eigenvalue weighted by Gasteiger charge is 2.42. The summed E-state index contributed by atoms with van der Waals surface area (Å²) in [6.07, 6.45) is 3.59. The molecule has 1 atom stereocenters. The summed E-state index contributed by atoms with van der Waals surface area (Å²) < 4.78 is 10.3. The van der Waals surface area contributed by atoms with E-state index >= 15 is 0 Å². The molecule has 7 heteroatoms. The molecule has 0 aliphatic carbocycles. The Kier molecular flexibility index (Phi) is 8.38. The van der Waals surface area contributed by atoms with Crippen LogP contribution in [0.15, 0.2) is 72.0 Å². The number of ether oxygens (including phenoxy) is 2. The molecule has 178 valence electrons. The van der Waals surface area contributed by atoms with Gasteiger partial charge < -0.3 is 19.5 Å². The fourth-order valence-electron chi connectivity index (χ4n) is 3.78. The van der Waals surface area contributed by atoms with Crippen molar-refractivity contribution in [3.8, 4) is 0 Å². The highest BCUT2D eigenvalue weighted by atomic mass is 16.5. The maximum Gasteiger partial charge on any atom is 0.337 e. The average Bonchev–Trinajstić information content (AvgIpc) is 3.10. The summed E-state index contributed by atoms with van der Waals surface area (Å²) in [5.41, 5.74) is 1.78. The van der Waals surface area contributed by atoms with Crippen LogP contribution in [0.25, 0.3) is 6.08 Å². The first kappa shape index (κ1) is 24.9. The number of methoxy groups -OCH3 is 1. The zero-order valence-corrected chi connectivity index (χ0v) is 19.6. The SMILES string of the molecule is COC(=O)c1ccc([C@@H]2C(C(=O)/C=C/c3ccccc3)=C(O)C(=O)N2CCCOC(C)C)cc1. The van der Waals surface area contributed by atoms with Gasteiger partial charge in [-0.25, -0.2) is 4.79 Å². The van der Waals surface area contributed by atoms with E-state index < -0.39 is 29.5 Å². The number of esters is 1. The lowest BCUT2D eigenvalue weighted by Crippen LogP contribution is -2.32. The second-order valence-corrected chi connectivity index (χ2v) is 8.16. The van der Waals surface area contributed by atoms with Gasteiger partial charge >= 0.3 is 5.97 Å². The first-order chi connectivity index (χ1) is 16.3. The average molecular weight is 464 g/mol. The van der Waals surface area contributed by atoms with Crippen LogP contribution in [0.3, 0.4) is 0 Å². The number of amides is 1. The van der Waals surface area contributed by atoms with Crippen LogP contribution in [-0.4, -0.2) is 54.0 Å². The van der Waals surface area contributed by atoms with Crippen molar-refractivity contribution >= 4 is 23.7 Å². The number of benzene rings is 2. The smallest absolute Gasteiger partial charge is 0.337 e. The Bertz CT molecular complexity index is 1090. The second kappa shape index (κ2) is 11.4.